The molecule has 0 radical (unpaired) electrons. The van der Waals surface area contributed by atoms with Gasteiger partial charge in [-0.05, 0) is 36.5 Å². The number of non-ortho nitro benzene ring substituents is 1. The van der Waals surface area contributed by atoms with Crippen LogP contribution in [0.25, 0.3) is 11.2 Å². The molecule has 4 aromatic rings. The van der Waals surface area contributed by atoms with Crippen LogP contribution in [0.1, 0.15) is 43.6 Å². The van der Waals surface area contributed by atoms with Gasteiger partial charge in [0, 0.05) is 63.7 Å². The molecule has 0 aliphatic rings. The Kier molecular flexibility index (Phi) is 9.56. The third kappa shape index (κ3) is 6.52. The summed E-state index contributed by atoms with van der Waals surface area (Å²) in [6.45, 7) is 5.69. The van der Waals surface area contributed by atoms with Gasteiger partial charge in [0.25, 0.3) is 11.2 Å². The maximum Gasteiger partial charge on any atom is 0.332 e. The number of nitro groups is 1. The second-order valence-electron chi connectivity index (χ2n) is 9.72. The quantitative estimate of drug-likeness (QED) is 0.138. The average molecular weight is 550 g/mol. The van der Waals surface area contributed by atoms with Gasteiger partial charge in [-0.3, -0.25) is 29.0 Å². The standard InChI is InChI=1S/C28H35N7O5/c1-3-14-34-27(37)25-26(33(28(34)38)15-11-20-7-9-22(10-8-20)35(39)40)31-24(17-21-6-5-12-29-18-21)32(25)16-13-30-19-23(36)4-2/h5-10,12,18,23,30,36H,3-4,11,13-17,19H2,1-2H3. The van der Waals surface area contributed by atoms with Crippen molar-refractivity contribution in [1.82, 2.24) is 29.0 Å². The molecule has 1 atom stereocenters. The second kappa shape index (κ2) is 13.3. The van der Waals surface area contributed by atoms with Gasteiger partial charge in [0.15, 0.2) is 11.2 Å². The molecule has 0 amide bonds. The zero-order valence-electron chi connectivity index (χ0n) is 22.8. The molecule has 12 heteroatoms. The Morgan fingerprint density at radius 1 is 1.02 bits per heavy atom. The summed E-state index contributed by atoms with van der Waals surface area (Å²) in [7, 11) is 0. The summed E-state index contributed by atoms with van der Waals surface area (Å²) >= 11 is 0. The summed E-state index contributed by atoms with van der Waals surface area (Å²) in [6, 6.07) is 9.99. The van der Waals surface area contributed by atoms with Gasteiger partial charge in [-0.15, -0.1) is 0 Å². The minimum atomic E-state index is -0.458. The van der Waals surface area contributed by atoms with E-state index >= 15 is 0 Å². The number of pyridine rings is 1. The van der Waals surface area contributed by atoms with Crippen molar-refractivity contribution in [2.24, 2.45) is 0 Å². The maximum absolute atomic E-state index is 13.7. The highest BCUT2D eigenvalue weighted by atomic mass is 16.6. The number of aromatic nitrogens is 5. The second-order valence-corrected chi connectivity index (χ2v) is 9.72. The van der Waals surface area contributed by atoms with Crippen molar-refractivity contribution < 1.29 is 10.0 Å². The summed E-state index contributed by atoms with van der Waals surface area (Å²) < 4.78 is 4.66. The van der Waals surface area contributed by atoms with E-state index in [1.807, 2.05) is 30.5 Å². The molecule has 0 saturated carbocycles. The third-order valence-electron chi connectivity index (χ3n) is 6.86. The molecule has 212 valence electrons. The van der Waals surface area contributed by atoms with Crippen molar-refractivity contribution >= 4 is 16.9 Å². The van der Waals surface area contributed by atoms with Gasteiger partial charge in [0.1, 0.15) is 5.82 Å². The van der Waals surface area contributed by atoms with Crippen LogP contribution in [-0.2, 0) is 32.5 Å². The summed E-state index contributed by atoms with van der Waals surface area (Å²) in [4.78, 5) is 46.8. The van der Waals surface area contributed by atoms with Crippen LogP contribution in [0.3, 0.4) is 0 Å². The summed E-state index contributed by atoms with van der Waals surface area (Å²) in [6.07, 6.45) is 5.07. The van der Waals surface area contributed by atoms with Crippen LogP contribution >= 0.6 is 0 Å². The summed E-state index contributed by atoms with van der Waals surface area (Å²) in [5.74, 6) is 0.635. The zero-order chi connectivity index (χ0) is 28.6. The molecule has 12 nitrogen and oxygen atoms in total. The van der Waals surface area contributed by atoms with Crippen LogP contribution in [0.15, 0.2) is 58.4 Å². The Bertz CT molecular complexity index is 1560. The SMILES string of the molecule is CCCn1c(=O)c2c(nc(Cc3cccnc3)n2CCNCC(O)CC)n(CCc2ccc([N+](=O)[O-])cc2)c1=O. The first-order chi connectivity index (χ1) is 19.3. The van der Waals surface area contributed by atoms with Gasteiger partial charge in [0.2, 0.25) is 0 Å². The number of imidazole rings is 1. The molecule has 0 aliphatic carbocycles. The number of rotatable bonds is 14. The summed E-state index contributed by atoms with van der Waals surface area (Å²) in [5.41, 5.74) is 1.61. The fourth-order valence-corrected chi connectivity index (χ4v) is 4.65. The number of aryl methyl sites for hydroxylation is 2. The number of aliphatic hydroxyl groups excluding tert-OH is 1. The summed E-state index contributed by atoms with van der Waals surface area (Å²) in [5, 5.41) is 24.2. The van der Waals surface area contributed by atoms with Gasteiger partial charge in [-0.1, -0.05) is 32.0 Å². The minimum Gasteiger partial charge on any atom is -0.392 e. The monoisotopic (exact) mass is 549 g/mol. The van der Waals surface area contributed by atoms with Crippen LogP contribution < -0.4 is 16.6 Å². The van der Waals surface area contributed by atoms with Gasteiger partial charge in [-0.25, -0.2) is 9.78 Å². The number of hydrogen-bond acceptors (Lipinski definition) is 8. The van der Waals surface area contributed by atoms with E-state index in [4.69, 9.17) is 4.98 Å². The molecule has 0 spiro atoms. The lowest BCUT2D eigenvalue weighted by atomic mass is 10.1. The predicted molar refractivity (Wildman–Crippen MR) is 152 cm³/mol. The lowest BCUT2D eigenvalue weighted by molar-refractivity contribution is -0.384. The Balaban J connectivity index is 1.78. The van der Waals surface area contributed by atoms with Crippen LogP contribution in [-0.4, -0.2) is 52.9 Å². The Morgan fingerprint density at radius 3 is 2.45 bits per heavy atom. The fraction of sp³-hybridized carbons (Fsp3) is 0.429. The van der Waals surface area contributed by atoms with E-state index in [1.165, 1.54) is 21.3 Å². The van der Waals surface area contributed by atoms with E-state index in [9.17, 15) is 24.8 Å². The van der Waals surface area contributed by atoms with Crippen LogP contribution in [0.4, 0.5) is 5.69 Å². The van der Waals surface area contributed by atoms with Gasteiger partial charge in [-0.2, -0.15) is 0 Å². The number of nitrogens with one attached hydrogen (secondary N) is 1. The highest BCUT2D eigenvalue weighted by Crippen LogP contribution is 2.17. The molecule has 40 heavy (non-hydrogen) atoms. The average Bonchev–Trinajstić information content (AvgIpc) is 3.31. The number of aliphatic hydroxyl groups is 1. The first kappa shape index (κ1) is 28.8. The van der Waals surface area contributed by atoms with E-state index in [0.29, 0.717) is 62.3 Å². The van der Waals surface area contributed by atoms with E-state index in [2.05, 4.69) is 10.3 Å². The van der Waals surface area contributed by atoms with Crippen molar-refractivity contribution in [2.45, 2.75) is 65.3 Å². The molecule has 0 saturated heterocycles. The molecular formula is C28H35N7O5. The first-order valence-corrected chi connectivity index (χ1v) is 13.6. The van der Waals surface area contributed by atoms with Gasteiger partial charge in [0.05, 0.1) is 11.0 Å². The van der Waals surface area contributed by atoms with Crippen molar-refractivity contribution in [1.29, 1.82) is 0 Å². The molecular weight excluding hydrogens is 514 g/mol. The van der Waals surface area contributed by atoms with Crippen molar-refractivity contribution in [3.8, 4) is 0 Å². The van der Waals surface area contributed by atoms with E-state index in [-0.39, 0.29) is 24.3 Å². The lowest BCUT2D eigenvalue weighted by Gasteiger charge is -2.14. The van der Waals surface area contributed by atoms with Crippen LogP contribution in [0, 0.1) is 10.1 Å². The predicted octanol–water partition coefficient (Wildman–Crippen LogP) is 2.27. The largest absolute Gasteiger partial charge is 0.392 e. The minimum absolute atomic E-state index is 0.00125. The number of hydrogen-bond donors (Lipinski definition) is 2. The molecule has 0 aliphatic heterocycles. The highest BCUT2D eigenvalue weighted by Gasteiger charge is 2.22. The Morgan fingerprint density at radius 2 is 1.80 bits per heavy atom. The van der Waals surface area contributed by atoms with Gasteiger partial charge < -0.3 is 15.0 Å². The highest BCUT2D eigenvalue weighted by molar-refractivity contribution is 5.71. The van der Waals surface area contributed by atoms with E-state index in [1.54, 1.807) is 24.5 Å². The Hall–Kier alpha value is -4.16. The number of nitrogens with zero attached hydrogens (tertiary/aromatic N) is 6. The number of fused-ring (bicyclic) bond motifs is 1. The molecule has 1 aromatic carbocycles. The van der Waals surface area contributed by atoms with Crippen molar-refractivity contribution in [2.75, 3.05) is 13.1 Å². The maximum atomic E-state index is 13.7. The molecule has 0 bridgehead atoms. The van der Waals surface area contributed by atoms with Crippen molar-refractivity contribution in [3.05, 3.63) is 96.7 Å². The molecule has 2 N–H and O–H groups in total. The molecule has 4 rings (SSSR count). The smallest absolute Gasteiger partial charge is 0.332 e. The van der Waals surface area contributed by atoms with E-state index in [0.717, 1.165) is 11.1 Å². The fourth-order valence-electron chi connectivity index (χ4n) is 4.65. The molecule has 3 aromatic heterocycles. The number of nitro benzene ring substituents is 1. The van der Waals surface area contributed by atoms with Gasteiger partial charge >= 0.3 is 5.69 Å². The number of benzene rings is 1. The third-order valence-corrected chi connectivity index (χ3v) is 6.86. The van der Waals surface area contributed by atoms with Crippen LogP contribution in [0.2, 0.25) is 0 Å². The molecule has 0 fully saturated rings. The lowest BCUT2D eigenvalue weighted by Crippen LogP contribution is -2.41. The topological polar surface area (TPSA) is 150 Å². The normalized spacial score (nSPS) is 12.2. The molecule has 3 heterocycles. The molecule has 1 unspecified atom stereocenters. The van der Waals surface area contributed by atoms with E-state index < -0.39 is 16.7 Å². The Labute approximate surface area is 231 Å². The zero-order valence-corrected chi connectivity index (χ0v) is 22.8. The van der Waals surface area contributed by atoms with Crippen LogP contribution in [0.5, 0.6) is 0 Å². The van der Waals surface area contributed by atoms with Crippen molar-refractivity contribution in [3.63, 3.8) is 0 Å². The first-order valence-electron chi connectivity index (χ1n) is 13.6.